The van der Waals surface area contributed by atoms with Crippen LogP contribution >= 0.6 is 0 Å². The summed E-state index contributed by atoms with van der Waals surface area (Å²) >= 11 is 0. The van der Waals surface area contributed by atoms with Crippen LogP contribution in [0.25, 0.3) is 0 Å². The van der Waals surface area contributed by atoms with Crippen LogP contribution in [0.3, 0.4) is 0 Å². The fourth-order valence-electron chi connectivity index (χ4n) is 8.47. The summed E-state index contributed by atoms with van der Waals surface area (Å²) in [6.45, 7) is 7.15. The summed E-state index contributed by atoms with van der Waals surface area (Å²) in [5.74, 6) is 1.72. The van der Waals surface area contributed by atoms with E-state index in [-0.39, 0.29) is 47.3 Å². The third-order valence-electron chi connectivity index (χ3n) is 10.5. The summed E-state index contributed by atoms with van der Waals surface area (Å²) in [5, 5.41) is -0.242. The quantitative estimate of drug-likeness (QED) is 0.560. The number of sulfonamides is 1. The fraction of sp³-hybridized carbons (Fsp3) is 0.931. The number of amides is 2. The van der Waals surface area contributed by atoms with Gasteiger partial charge in [-0.3, -0.25) is 9.59 Å². The SMILES string of the molecule is CC(=O)N1C2CCC(C3CCCC(NS(=O)(=O)C4CCC(C)CC4)C3)CC2N(C(=O)C2CCCO2)C[C@@H]1C. The fourth-order valence-corrected chi connectivity index (χ4v) is 10.2. The second-order valence-corrected chi connectivity index (χ2v) is 15.1. The molecule has 5 rings (SSSR count). The van der Waals surface area contributed by atoms with Crippen LogP contribution in [-0.4, -0.2) is 78.7 Å². The van der Waals surface area contributed by atoms with E-state index in [1.165, 1.54) is 0 Å². The molecule has 0 aromatic rings. The molecular weight excluding hydrogens is 502 g/mol. The molecule has 2 saturated heterocycles. The van der Waals surface area contributed by atoms with Crippen LogP contribution < -0.4 is 4.72 Å². The monoisotopic (exact) mass is 551 g/mol. The Bertz CT molecular complexity index is 959. The average molecular weight is 552 g/mol. The summed E-state index contributed by atoms with van der Waals surface area (Å²) in [5.41, 5.74) is 0. The molecule has 8 nitrogen and oxygen atoms in total. The molecule has 7 atom stereocenters. The molecule has 0 spiro atoms. The van der Waals surface area contributed by atoms with Gasteiger partial charge in [-0.05, 0) is 95.3 Å². The van der Waals surface area contributed by atoms with Crippen molar-refractivity contribution in [1.82, 2.24) is 14.5 Å². The van der Waals surface area contributed by atoms with E-state index in [4.69, 9.17) is 4.74 Å². The van der Waals surface area contributed by atoms with Crippen molar-refractivity contribution in [1.29, 1.82) is 0 Å². The van der Waals surface area contributed by atoms with E-state index < -0.39 is 10.0 Å². The van der Waals surface area contributed by atoms with Gasteiger partial charge in [-0.2, -0.15) is 0 Å². The van der Waals surface area contributed by atoms with Gasteiger partial charge in [0.2, 0.25) is 15.9 Å². The number of piperazine rings is 1. The van der Waals surface area contributed by atoms with Gasteiger partial charge in [0.05, 0.1) is 17.3 Å². The van der Waals surface area contributed by atoms with Crippen molar-refractivity contribution in [2.75, 3.05) is 13.2 Å². The van der Waals surface area contributed by atoms with Crippen molar-refractivity contribution in [3.63, 3.8) is 0 Å². The zero-order valence-electron chi connectivity index (χ0n) is 23.6. The molecule has 0 aromatic carbocycles. The molecule has 2 amide bonds. The second-order valence-electron chi connectivity index (χ2n) is 13.1. The third kappa shape index (κ3) is 5.95. The number of ether oxygens (including phenoxy) is 1. The molecule has 1 N–H and O–H groups in total. The van der Waals surface area contributed by atoms with Crippen LogP contribution in [0.5, 0.6) is 0 Å². The molecule has 5 fully saturated rings. The topological polar surface area (TPSA) is 96.0 Å². The van der Waals surface area contributed by atoms with Gasteiger partial charge >= 0.3 is 0 Å². The molecule has 5 aliphatic rings. The summed E-state index contributed by atoms with van der Waals surface area (Å²) in [4.78, 5) is 30.3. The Balaban J connectivity index is 1.26. The van der Waals surface area contributed by atoms with Gasteiger partial charge < -0.3 is 14.5 Å². The molecule has 2 heterocycles. The number of hydrogen-bond donors (Lipinski definition) is 1. The molecule has 0 radical (unpaired) electrons. The van der Waals surface area contributed by atoms with E-state index >= 15 is 0 Å². The van der Waals surface area contributed by atoms with Crippen LogP contribution in [0.1, 0.15) is 104 Å². The van der Waals surface area contributed by atoms with E-state index in [0.29, 0.717) is 30.9 Å². The lowest BCUT2D eigenvalue weighted by Crippen LogP contribution is -2.68. The number of rotatable bonds is 5. The zero-order valence-corrected chi connectivity index (χ0v) is 24.5. The van der Waals surface area contributed by atoms with Crippen molar-refractivity contribution in [3.8, 4) is 0 Å². The lowest BCUT2D eigenvalue weighted by Gasteiger charge is -2.55. The minimum atomic E-state index is -3.29. The van der Waals surface area contributed by atoms with Crippen LogP contribution in [0, 0.1) is 17.8 Å². The highest BCUT2D eigenvalue weighted by atomic mass is 32.2. The van der Waals surface area contributed by atoms with Crippen LogP contribution in [0.4, 0.5) is 0 Å². The summed E-state index contributed by atoms with van der Waals surface area (Å²) in [6.07, 6.45) is 11.7. The first-order valence-corrected chi connectivity index (χ1v) is 16.9. The highest BCUT2D eigenvalue weighted by Gasteiger charge is 2.49. The number of hydrogen-bond acceptors (Lipinski definition) is 5. The lowest BCUT2D eigenvalue weighted by molar-refractivity contribution is -0.160. The standard InChI is InChI=1S/C29H49N3O5S/c1-19-9-12-25(13-10-19)38(35,36)30-24-7-4-6-22(16-24)23-11-14-26-27(17-23)31(18-20(2)32(26)21(3)33)29(34)28-8-5-15-37-28/h19-20,22-28,30H,4-18H2,1-3H3/t19?,20-,22?,23?,24?,25?,26?,27?,28?/m0/s1. The predicted octanol–water partition coefficient (Wildman–Crippen LogP) is 3.84. The molecule has 3 aliphatic carbocycles. The third-order valence-corrected chi connectivity index (χ3v) is 12.5. The van der Waals surface area contributed by atoms with Crippen molar-refractivity contribution in [2.45, 2.75) is 140 Å². The van der Waals surface area contributed by atoms with Crippen LogP contribution in [0.2, 0.25) is 0 Å². The maximum atomic E-state index is 13.6. The van der Waals surface area contributed by atoms with E-state index in [1.54, 1.807) is 6.92 Å². The van der Waals surface area contributed by atoms with E-state index in [2.05, 4.69) is 23.5 Å². The van der Waals surface area contributed by atoms with Crippen LogP contribution in [-0.2, 0) is 24.3 Å². The van der Waals surface area contributed by atoms with Gasteiger partial charge in [-0.25, -0.2) is 13.1 Å². The first kappa shape index (κ1) is 28.3. The Kier molecular flexibility index (Phi) is 8.75. The number of carbonyl (C=O) groups excluding carboxylic acids is 2. The van der Waals surface area contributed by atoms with Gasteiger partial charge in [-0.15, -0.1) is 0 Å². The van der Waals surface area contributed by atoms with Gasteiger partial charge in [-0.1, -0.05) is 19.8 Å². The minimum absolute atomic E-state index is 0.00638. The largest absolute Gasteiger partial charge is 0.368 e. The van der Waals surface area contributed by atoms with Gasteiger partial charge in [0.1, 0.15) is 6.10 Å². The number of carbonyl (C=O) groups is 2. The van der Waals surface area contributed by atoms with E-state index in [0.717, 1.165) is 83.5 Å². The molecule has 2 aliphatic heterocycles. The first-order chi connectivity index (χ1) is 18.1. The van der Waals surface area contributed by atoms with Crippen molar-refractivity contribution >= 4 is 21.8 Å². The van der Waals surface area contributed by atoms with Gasteiger partial charge in [0, 0.05) is 32.2 Å². The second kappa shape index (κ2) is 11.7. The molecule has 9 heteroatoms. The highest BCUT2D eigenvalue weighted by Crippen LogP contribution is 2.43. The van der Waals surface area contributed by atoms with Gasteiger partial charge in [0.25, 0.3) is 5.91 Å². The molecule has 0 bridgehead atoms. The normalized spacial score (nSPS) is 40.6. The van der Waals surface area contributed by atoms with E-state index in [9.17, 15) is 18.0 Å². The van der Waals surface area contributed by atoms with Crippen molar-refractivity contribution < 1.29 is 22.7 Å². The summed E-state index contributed by atoms with van der Waals surface area (Å²) < 4.78 is 35.3. The van der Waals surface area contributed by atoms with Gasteiger partial charge in [0.15, 0.2) is 0 Å². The Hall–Kier alpha value is -1.19. The summed E-state index contributed by atoms with van der Waals surface area (Å²) in [7, 11) is -3.29. The molecule has 0 aromatic heterocycles. The Morgan fingerprint density at radius 3 is 2.26 bits per heavy atom. The first-order valence-electron chi connectivity index (χ1n) is 15.4. The highest BCUT2D eigenvalue weighted by molar-refractivity contribution is 7.90. The molecule has 6 unspecified atom stereocenters. The zero-order chi connectivity index (χ0) is 27.0. The Labute approximate surface area is 229 Å². The van der Waals surface area contributed by atoms with Crippen molar-refractivity contribution in [3.05, 3.63) is 0 Å². The molecule has 38 heavy (non-hydrogen) atoms. The maximum Gasteiger partial charge on any atom is 0.252 e. The predicted molar refractivity (Wildman–Crippen MR) is 147 cm³/mol. The van der Waals surface area contributed by atoms with Crippen LogP contribution in [0.15, 0.2) is 0 Å². The lowest BCUT2D eigenvalue weighted by atomic mass is 9.68. The average Bonchev–Trinajstić information content (AvgIpc) is 3.42. The van der Waals surface area contributed by atoms with E-state index in [1.807, 2.05) is 4.90 Å². The Morgan fingerprint density at radius 1 is 0.842 bits per heavy atom. The number of nitrogens with zero attached hydrogens (tertiary/aromatic N) is 2. The smallest absolute Gasteiger partial charge is 0.252 e. The molecule has 216 valence electrons. The number of fused-ring (bicyclic) bond motifs is 1. The minimum Gasteiger partial charge on any atom is -0.368 e. The Morgan fingerprint density at radius 2 is 1.58 bits per heavy atom. The molecule has 3 saturated carbocycles. The van der Waals surface area contributed by atoms with Crippen molar-refractivity contribution in [2.24, 2.45) is 17.8 Å². The molecular formula is C29H49N3O5S. The number of nitrogens with one attached hydrogen (secondary N) is 1. The summed E-state index contributed by atoms with van der Waals surface area (Å²) in [6, 6.07) is 0.101. The maximum absolute atomic E-state index is 13.6.